The van der Waals surface area contributed by atoms with Crippen LogP contribution in [0.4, 0.5) is 27.9 Å². The summed E-state index contributed by atoms with van der Waals surface area (Å²) in [6.07, 6.45) is 0.298. The van der Waals surface area contributed by atoms with E-state index in [1.807, 2.05) is 6.92 Å². The first-order valence-electron chi connectivity index (χ1n) is 16.5. The molecule has 1 heterocycles. The van der Waals surface area contributed by atoms with Gasteiger partial charge in [-0.2, -0.15) is 42.1 Å². The number of nitrogens with two attached hydrogens (primary N) is 3. The average molecular weight is 989 g/mol. The molecule has 0 amide bonds. The Bertz CT molecular complexity index is 3100. The Morgan fingerprint density at radius 1 is 0.689 bits per heavy atom. The molecule has 0 aliphatic heterocycles. The largest absolute Gasteiger partial charge is 0.494 e. The van der Waals surface area contributed by atoms with Gasteiger partial charge in [0.05, 0.1) is 40.5 Å². The van der Waals surface area contributed by atoms with Gasteiger partial charge in [-0.3, -0.25) is 22.8 Å². The zero-order chi connectivity index (χ0) is 45.9. The van der Waals surface area contributed by atoms with Crippen molar-refractivity contribution in [3.8, 4) is 11.5 Å². The fourth-order valence-electron chi connectivity index (χ4n) is 5.12. The lowest BCUT2D eigenvalue weighted by atomic mass is 10.1. The molecule has 0 fully saturated rings. The van der Waals surface area contributed by atoms with Gasteiger partial charge in [-0.15, -0.1) is 22.0 Å². The van der Waals surface area contributed by atoms with Crippen LogP contribution in [-0.4, -0.2) is 101 Å². The van der Waals surface area contributed by atoms with Crippen LogP contribution in [0.15, 0.2) is 72.3 Å². The van der Waals surface area contributed by atoms with Crippen molar-refractivity contribution in [2.45, 2.75) is 39.3 Å². The summed E-state index contributed by atoms with van der Waals surface area (Å²) < 4.78 is 172. The van der Waals surface area contributed by atoms with Crippen molar-refractivity contribution in [2.24, 2.45) is 10.2 Å². The van der Waals surface area contributed by atoms with Gasteiger partial charge >= 0.3 is 0 Å². The van der Waals surface area contributed by atoms with Crippen LogP contribution >= 0.6 is 23.1 Å². The molecule has 334 valence electrons. The van der Waals surface area contributed by atoms with Crippen molar-refractivity contribution in [1.82, 2.24) is 4.98 Å². The Morgan fingerprint density at radius 2 is 1.30 bits per heavy atom. The molecule has 30 heteroatoms. The van der Waals surface area contributed by atoms with Gasteiger partial charge < -0.3 is 26.7 Å². The van der Waals surface area contributed by atoms with E-state index in [0.29, 0.717) is 45.5 Å². The van der Waals surface area contributed by atoms with Crippen molar-refractivity contribution in [1.29, 1.82) is 0 Å². The number of hydrogen-bond acceptors (Lipinski definition) is 20. The lowest BCUT2D eigenvalue weighted by molar-refractivity contribution is 0.318. The van der Waals surface area contributed by atoms with Crippen molar-refractivity contribution in [3.05, 3.63) is 48.0 Å². The van der Waals surface area contributed by atoms with E-state index >= 15 is 0 Å². The number of aromatic nitrogens is 1. The molecule has 0 bridgehead atoms. The monoisotopic (exact) mass is 988 g/mol. The quantitative estimate of drug-likeness (QED) is 0.0223. The molecule has 11 N–H and O–H groups in total. The molecule has 0 radical (unpaired) electrons. The molecule has 23 nitrogen and oxygen atoms in total. The maximum atomic E-state index is 12.2. The smallest absolute Gasteiger partial charge is 0.296 e. The molecule has 0 aliphatic rings. The highest BCUT2D eigenvalue weighted by molar-refractivity contribution is 7.99. The number of benzene rings is 4. The number of nitrogens with zero attached hydrogens (tertiary/aromatic N) is 3. The van der Waals surface area contributed by atoms with Gasteiger partial charge in [0.25, 0.3) is 50.6 Å². The van der Waals surface area contributed by atoms with Crippen molar-refractivity contribution < 1.29 is 74.3 Å². The highest BCUT2D eigenvalue weighted by Crippen LogP contribution is 2.43. The molecule has 61 heavy (non-hydrogen) atoms. The van der Waals surface area contributed by atoms with Crippen LogP contribution in [0.2, 0.25) is 0 Å². The molecule has 5 aromatic rings. The predicted octanol–water partition coefficient (Wildman–Crippen LogP) is 4.38. The molecular formula is C31H36N6O17S7. The van der Waals surface area contributed by atoms with Crippen LogP contribution < -0.4 is 26.7 Å². The number of nitrogen functional groups attached to an aromatic ring is 3. The lowest BCUT2D eigenvalue weighted by Gasteiger charge is -2.10. The maximum absolute atomic E-state index is 12.2. The summed E-state index contributed by atoms with van der Waals surface area (Å²) >= 11 is 1.76. The lowest BCUT2D eigenvalue weighted by Crippen LogP contribution is -2.09. The first-order chi connectivity index (χ1) is 28.0. The van der Waals surface area contributed by atoms with E-state index < -0.39 is 81.9 Å². The Hall–Kier alpha value is -4.47. The topological polar surface area (TPSA) is 406 Å². The average Bonchev–Trinajstić information content (AvgIpc) is 3.55. The van der Waals surface area contributed by atoms with Gasteiger partial charge in [0, 0.05) is 39.2 Å². The van der Waals surface area contributed by atoms with Crippen LogP contribution in [0.25, 0.3) is 21.0 Å². The summed E-state index contributed by atoms with van der Waals surface area (Å²) in [5.41, 5.74) is 19.2. The number of hydrogen-bond donors (Lipinski definition) is 8. The normalized spacial score (nSPS) is 12.8. The van der Waals surface area contributed by atoms with Crippen LogP contribution in [0.1, 0.15) is 18.4 Å². The van der Waals surface area contributed by atoms with Gasteiger partial charge in [-0.1, -0.05) is 11.3 Å². The molecule has 0 atom stereocenters. The zero-order valence-corrected chi connectivity index (χ0v) is 37.1. The minimum absolute atomic E-state index is 0.0976. The number of aryl methyl sites for hydroxylation is 1. The Labute approximate surface area is 357 Å². The summed E-state index contributed by atoms with van der Waals surface area (Å²) in [5, 5.41) is 6.98. The fraction of sp³-hybridized carbons (Fsp3) is 0.258. The number of azo groups is 1. The number of ether oxygens (including phenoxy) is 2. The van der Waals surface area contributed by atoms with Crippen LogP contribution in [-0.2, 0) is 50.6 Å². The maximum Gasteiger partial charge on any atom is 0.296 e. The molecule has 0 saturated carbocycles. The molecule has 0 aliphatic carbocycles. The molecule has 5 rings (SSSR count). The second-order valence-corrected chi connectivity index (χ2v) is 21.9. The summed E-state index contributed by atoms with van der Waals surface area (Å²) in [6.45, 7) is 1.97. The summed E-state index contributed by atoms with van der Waals surface area (Å²) in [6, 6.07) is 8.06. The fourth-order valence-corrected chi connectivity index (χ4v) is 10.2. The van der Waals surface area contributed by atoms with Crippen molar-refractivity contribution in [3.63, 3.8) is 0 Å². The minimum atomic E-state index is -5.19. The predicted molar refractivity (Wildman–Crippen MR) is 226 cm³/mol. The third kappa shape index (κ3) is 13.5. The second-order valence-electron chi connectivity index (χ2n) is 12.5. The first kappa shape index (κ1) is 49.2. The second kappa shape index (κ2) is 18.9. The summed E-state index contributed by atoms with van der Waals surface area (Å²) in [7, 11) is -22.1. The number of thioether (sulfide) groups is 1. The Morgan fingerprint density at radius 3 is 1.87 bits per heavy atom. The third-order valence-electron chi connectivity index (χ3n) is 7.90. The van der Waals surface area contributed by atoms with E-state index in [2.05, 4.69) is 15.2 Å². The third-order valence-corrected chi connectivity index (χ3v) is 14.2. The summed E-state index contributed by atoms with van der Waals surface area (Å²) in [4.78, 5) is 1.60. The molecular weight excluding hydrogens is 953 g/mol. The molecule has 1 aromatic heterocycles. The van der Waals surface area contributed by atoms with Crippen molar-refractivity contribution in [2.75, 3.05) is 48.2 Å². The molecule has 0 spiro atoms. The van der Waals surface area contributed by atoms with Gasteiger partial charge in [0.15, 0.2) is 0 Å². The zero-order valence-electron chi connectivity index (χ0n) is 31.4. The van der Waals surface area contributed by atoms with Crippen LogP contribution in [0.3, 0.4) is 0 Å². The van der Waals surface area contributed by atoms with E-state index in [-0.39, 0.29) is 63.3 Å². The van der Waals surface area contributed by atoms with E-state index in [1.54, 1.807) is 12.1 Å². The van der Waals surface area contributed by atoms with Crippen LogP contribution in [0.5, 0.6) is 11.5 Å². The number of rotatable bonds is 16. The van der Waals surface area contributed by atoms with Gasteiger partial charge in [0.1, 0.15) is 32.5 Å². The number of thiazole rings is 1. The van der Waals surface area contributed by atoms with Gasteiger partial charge in [0.2, 0.25) is 5.13 Å². The van der Waals surface area contributed by atoms with Crippen LogP contribution in [0, 0.1) is 6.92 Å². The van der Waals surface area contributed by atoms with E-state index in [0.717, 1.165) is 23.4 Å². The Balaban J connectivity index is 0.000000403. The Kier molecular flexibility index (Phi) is 15.2. The van der Waals surface area contributed by atoms with Gasteiger partial charge in [-0.25, -0.2) is 4.98 Å². The van der Waals surface area contributed by atoms with E-state index in [9.17, 15) is 55.7 Å². The minimum Gasteiger partial charge on any atom is -0.494 e. The summed E-state index contributed by atoms with van der Waals surface area (Å²) in [5.74, 6) is 0.0252. The van der Waals surface area contributed by atoms with Crippen molar-refractivity contribution >= 4 is 123 Å². The number of methoxy groups -OCH3 is 1. The highest BCUT2D eigenvalue weighted by atomic mass is 32.2. The molecule has 4 aromatic carbocycles. The van der Waals surface area contributed by atoms with Gasteiger partial charge in [-0.05, 0) is 61.4 Å². The number of anilines is 3. The highest BCUT2D eigenvalue weighted by Gasteiger charge is 2.27. The molecule has 0 unspecified atom stereocenters. The SMILES string of the molecule is COc1cc(N)c(SCCCS(=O)(=O)O)cc1N=Nc1nc2c(S(=O)(=O)O)cc3c(S(=O)(=O)O)cc(S(=O)(=O)O)cc3c2s1.Cc1cc(N)c(OCCCS(=O)(=O)O)cc1N. The molecule has 0 saturated heterocycles. The number of fused-ring (bicyclic) bond motifs is 3. The van der Waals surface area contributed by atoms with E-state index in [4.69, 9.17) is 35.8 Å². The first-order valence-corrected chi connectivity index (χ1v) is 25.9. The standard InChI is InChI=1S/C21H20N4O13S6.C10H16N2O4S/c1-38-15-8-13(22)16(39-3-2-4-41(26,27)28)9-14(15)24-25-21-23-19-18(44(35,36)37)7-11-12(20(19)40-21)5-10(42(29,30)31)6-17(11)43(32,33)34;1-7-5-9(12)10(6-8(7)11)16-3-2-4-17(13,14)15/h5-9H,2-4,22H2,1H3,(H,26,27,28)(H,29,30,31)(H,32,33,34)(H,35,36,37);5-6H,2-4,11-12H2,1H3,(H,13,14,15). The van der Waals surface area contributed by atoms with E-state index in [1.165, 1.54) is 19.2 Å².